The van der Waals surface area contributed by atoms with Crippen LogP contribution in [0.25, 0.3) is 0 Å². The van der Waals surface area contributed by atoms with Crippen molar-refractivity contribution >= 4 is 16.1 Å². The summed E-state index contributed by atoms with van der Waals surface area (Å²) in [5, 5.41) is 3.11. The van der Waals surface area contributed by atoms with Gasteiger partial charge in [-0.05, 0) is 24.6 Å². The second-order valence-electron chi connectivity index (χ2n) is 3.95. The van der Waals surface area contributed by atoms with Crippen LogP contribution in [0.4, 0.5) is 5.69 Å². The summed E-state index contributed by atoms with van der Waals surface area (Å²) < 4.78 is 35.0. The Morgan fingerprint density at radius 1 is 1.44 bits per heavy atom. The van der Waals surface area contributed by atoms with Gasteiger partial charge in [0.2, 0.25) is 0 Å². The highest BCUT2D eigenvalue weighted by molar-refractivity contribution is 7.81. The standard InChI is InChI=1S/C11H14N2O4S/c1-9-3-4-10(13-6-2-5-12-8-13)11(7-9)17-18(14,15)16/h2-4,6-7,12H,5,8H2,1H3,(H,14,15,16). The number of hydrogen-bond donors (Lipinski definition) is 2. The Morgan fingerprint density at radius 3 is 2.83 bits per heavy atom. The first-order valence-electron chi connectivity index (χ1n) is 5.37. The predicted octanol–water partition coefficient (Wildman–Crippen LogP) is 1.06. The van der Waals surface area contributed by atoms with E-state index in [0.29, 0.717) is 12.4 Å². The van der Waals surface area contributed by atoms with Gasteiger partial charge in [0.25, 0.3) is 0 Å². The van der Waals surface area contributed by atoms with Gasteiger partial charge in [-0.3, -0.25) is 9.87 Å². The summed E-state index contributed by atoms with van der Waals surface area (Å²) in [4.78, 5) is 1.80. The molecule has 0 fully saturated rings. The highest BCUT2D eigenvalue weighted by atomic mass is 32.3. The van der Waals surface area contributed by atoms with Crippen LogP contribution in [0, 0.1) is 6.92 Å². The molecule has 98 valence electrons. The predicted molar refractivity (Wildman–Crippen MR) is 67.8 cm³/mol. The van der Waals surface area contributed by atoms with Crippen LogP contribution in [0.5, 0.6) is 5.75 Å². The number of aryl methyl sites for hydroxylation is 1. The molecule has 0 aromatic heterocycles. The molecule has 7 heteroatoms. The third kappa shape index (κ3) is 3.22. The van der Waals surface area contributed by atoms with Gasteiger partial charge in [-0.15, -0.1) is 0 Å². The van der Waals surface area contributed by atoms with E-state index in [4.69, 9.17) is 4.55 Å². The van der Waals surface area contributed by atoms with Crippen LogP contribution in [0.2, 0.25) is 0 Å². The van der Waals surface area contributed by atoms with Crippen molar-refractivity contribution in [3.05, 3.63) is 36.0 Å². The number of rotatable bonds is 3. The number of anilines is 1. The lowest BCUT2D eigenvalue weighted by molar-refractivity contribution is 0.387. The molecule has 6 nitrogen and oxygen atoms in total. The van der Waals surface area contributed by atoms with Crippen molar-refractivity contribution < 1.29 is 17.2 Å². The van der Waals surface area contributed by atoms with Crippen LogP contribution in [0.15, 0.2) is 30.5 Å². The molecule has 0 amide bonds. The van der Waals surface area contributed by atoms with Crippen LogP contribution in [-0.2, 0) is 10.4 Å². The Balaban J connectivity index is 2.39. The highest BCUT2D eigenvalue weighted by Gasteiger charge is 2.16. The fraction of sp³-hybridized carbons (Fsp3) is 0.273. The van der Waals surface area contributed by atoms with Gasteiger partial charge >= 0.3 is 10.4 Å². The van der Waals surface area contributed by atoms with E-state index in [1.807, 2.05) is 25.3 Å². The molecule has 0 unspecified atom stereocenters. The van der Waals surface area contributed by atoms with E-state index >= 15 is 0 Å². The average Bonchev–Trinajstić information content (AvgIpc) is 2.28. The zero-order valence-electron chi connectivity index (χ0n) is 9.83. The fourth-order valence-corrected chi connectivity index (χ4v) is 2.07. The fourth-order valence-electron chi connectivity index (χ4n) is 1.71. The smallest absolute Gasteiger partial charge is 0.360 e. The molecule has 2 rings (SSSR count). The average molecular weight is 270 g/mol. The molecular formula is C11H14N2O4S. The van der Waals surface area contributed by atoms with Gasteiger partial charge in [-0.1, -0.05) is 12.1 Å². The first-order valence-corrected chi connectivity index (χ1v) is 6.74. The van der Waals surface area contributed by atoms with Gasteiger partial charge in [0.15, 0.2) is 5.75 Å². The largest absolute Gasteiger partial charge is 0.446 e. The maximum atomic E-state index is 10.8. The Bertz CT molecular complexity index is 568. The maximum absolute atomic E-state index is 10.8. The molecule has 1 heterocycles. The van der Waals surface area contributed by atoms with Crippen molar-refractivity contribution in [2.24, 2.45) is 0 Å². The maximum Gasteiger partial charge on any atom is 0.446 e. The molecular weight excluding hydrogens is 256 g/mol. The van der Waals surface area contributed by atoms with E-state index in [0.717, 1.165) is 12.1 Å². The number of benzene rings is 1. The Morgan fingerprint density at radius 2 is 2.22 bits per heavy atom. The topological polar surface area (TPSA) is 78.9 Å². The van der Waals surface area contributed by atoms with Crippen molar-refractivity contribution in [2.75, 3.05) is 18.1 Å². The number of hydrogen-bond acceptors (Lipinski definition) is 5. The molecule has 0 saturated carbocycles. The quantitative estimate of drug-likeness (QED) is 0.799. The van der Waals surface area contributed by atoms with Crippen LogP contribution in [-0.4, -0.2) is 26.2 Å². The monoisotopic (exact) mass is 270 g/mol. The van der Waals surface area contributed by atoms with E-state index in [2.05, 4.69) is 9.50 Å². The molecule has 0 radical (unpaired) electrons. The van der Waals surface area contributed by atoms with E-state index in [1.165, 1.54) is 0 Å². The second-order valence-corrected chi connectivity index (χ2v) is 4.97. The lowest BCUT2D eigenvalue weighted by Crippen LogP contribution is -2.34. The highest BCUT2D eigenvalue weighted by Crippen LogP contribution is 2.30. The van der Waals surface area contributed by atoms with Crippen LogP contribution >= 0.6 is 0 Å². The van der Waals surface area contributed by atoms with Crippen LogP contribution in [0.3, 0.4) is 0 Å². The minimum absolute atomic E-state index is 0.103. The number of nitrogens with one attached hydrogen (secondary N) is 1. The minimum atomic E-state index is -4.53. The third-order valence-electron chi connectivity index (χ3n) is 2.45. The van der Waals surface area contributed by atoms with E-state index < -0.39 is 10.4 Å². The summed E-state index contributed by atoms with van der Waals surface area (Å²) in [6, 6.07) is 5.15. The minimum Gasteiger partial charge on any atom is -0.360 e. The van der Waals surface area contributed by atoms with Gasteiger partial charge in [0.1, 0.15) is 0 Å². The Labute approximate surface area is 106 Å². The van der Waals surface area contributed by atoms with E-state index in [-0.39, 0.29) is 5.75 Å². The lowest BCUT2D eigenvalue weighted by atomic mass is 10.2. The van der Waals surface area contributed by atoms with E-state index in [9.17, 15) is 8.42 Å². The van der Waals surface area contributed by atoms with Crippen molar-refractivity contribution in [1.82, 2.24) is 5.32 Å². The third-order valence-corrected chi connectivity index (χ3v) is 2.84. The Kier molecular flexibility index (Phi) is 3.55. The summed E-state index contributed by atoms with van der Waals surface area (Å²) in [6.45, 7) is 3.11. The first-order chi connectivity index (χ1) is 8.46. The number of nitrogens with zero attached hydrogens (tertiary/aromatic N) is 1. The molecule has 1 aliphatic rings. The van der Waals surface area contributed by atoms with Gasteiger partial charge in [0.05, 0.1) is 12.4 Å². The van der Waals surface area contributed by atoms with Gasteiger partial charge in [0, 0.05) is 12.7 Å². The summed E-state index contributed by atoms with van der Waals surface area (Å²) in [5.41, 5.74) is 1.41. The summed E-state index contributed by atoms with van der Waals surface area (Å²) in [5.74, 6) is 0.103. The molecule has 1 aliphatic heterocycles. The molecule has 0 spiro atoms. The van der Waals surface area contributed by atoms with Gasteiger partial charge in [-0.25, -0.2) is 0 Å². The summed E-state index contributed by atoms with van der Waals surface area (Å²) in [6.07, 6.45) is 3.73. The van der Waals surface area contributed by atoms with Crippen LogP contribution in [0.1, 0.15) is 5.56 Å². The normalized spacial score (nSPS) is 15.8. The van der Waals surface area contributed by atoms with E-state index in [1.54, 1.807) is 17.0 Å². The second kappa shape index (κ2) is 4.97. The van der Waals surface area contributed by atoms with Gasteiger partial charge < -0.3 is 9.08 Å². The molecule has 0 atom stereocenters. The van der Waals surface area contributed by atoms with Crippen molar-refractivity contribution in [1.29, 1.82) is 0 Å². The molecule has 0 bridgehead atoms. The molecule has 2 N–H and O–H groups in total. The molecule has 1 aromatic carbocycles. The van der Waals surface area contributed by atoms with Crippen molar-refractivity contribution in [3.63, 3.8) is 0 Å². The molecule has 0 saturated heterocycles. The lowest BCUT2D eigenvalue weighted by Gasteiger charge is -2.25. The Hall–Kier alpha value is -1.57. The van der Waals surface area contributed by atoms with Gasteiger partial charge in [-0.2, -0.15) is 8.42 Å². The first kappa shape index (κ1) is 12.9. The molecule has 1 aromatic rings. The van der Waals surface area contributed by atoms with Crippen molar-refractivity contribution in [3.8, 4) is 5.75 Å². The summed E-state index contributed by atoms with van der Waals surface area (Å²) in [7, 11) is -4.53. The SMILES string of the molecule is Cc1ccc(N2C=CCNC2)c(OS(=O)(=O)O)c1. The van der Waals surface area contributed by atoms with Crippen LogP contribution < -0.4 is 14.4 Å². The molecule has 0 aliphatic carbocycles. The molecule has 18 heavy (non-hydrogen) atoms. The van der Waals surface area contributed by atoms with Crippen molar-refractivity contribution in [2.45, 2.75) is 6.92 Å². The summed E-state index contributed by atoms with van der Waals surface area (Å²) >= 11 is 0. The zero-order chi connectivity index (χ0) is 13.2. The zero-order valence-corrected chi connectivity index (χ0v) is 10.6.